The normalized spacial score (nSPS) is 11.2. The third-order valence-electron chi connectivity index (χ3n) is 3.77. The number of carbonyl (C=O) groups excluding carboxylic acids is 1. The number of furan rings is 1. The Hall–Kier alpha value is -2.80. The van der Waals surface area contributed by atoms with E-state index in [0.717, 1.165) is 33.4 Å². The molecule has 4 rings (SSSR count). The zero-order chi connectivity index (χ0) is 16.7. The standard InChI is InChI=1S/C17H14N4O2S/c1-3-14-20-21-17(24-14)19-16(22)13-8-11-9(2)18-12-7-5-4-6-10(12)15(11)23-13/h4-8H,3H2,1-2H3,(H,19,21,22). The van der Waals surface area contributed by atoms with Gasteiger partial charge in [-0.05, 0) is 31.5 Å². The van der Waals surface area contributed by atoms with Crippen LogP contribution in [0.25, 0.3) is 21.9 Å². The number of aryl methyl sites for hydroxylation is 2. The van der Waals surface area contributed by atoms with E-state index in [0.29, 0.717) is 10.7 Å². The van der Waals surface area contributed by atoms with Crippen LogP contribution in [0.3, 0.4) is 0 Å². The minimum Gasteiger partial charge on any atom is -0.450 e. The first-order chi connectivity index (χ1) is 11.7. The molecule has 6 nitrogen and oxygen atoms in total. The van der Waals surface area contributed by atoms with Crippen molar-refractivity contribution in [2.75, 3.05) is 5.32 Å². The van der Waals surface area contributed by atoms with Crippen molar-refractivity contribution in [1.82, 2.24) is 15.2 Å². The van der Waals surface area contributed by atoms with E-state index in [2.05, 4.69) is 20.5 Å². The first kappa shape index (κ1) is 14.8. The second-order valence-corrected chi connectivity index (χ2v) is 6.44. The second kappa shape index (κ2) is 5.68. The number of para-hydroxylation sites is 1. The minimum absolute atomic E-state index is 0.236. The molecule has 0 saturated carbocycles. The monoisotopic (exact) mass is 338 g/mol. The highest BCUT2D eigenvalue weighted by atomic mass is 32.1. The highest BCUT2D eigenvalue weighted by Gasteiger charge is 2.17. The zero-order valence-corrected chi connectivity index (χ0v) is 14.0. The Morgan fingerprint density at radius 2 is 2.08 bits per heavy atom. The smallest absolute Gasteiger partial charge is 0.293 e. The number of amides is 1. The van der Waals surface area contributed by atoms with Gasteiger partial charge >= 0.3 is 0 Å². The Labute approximate surface area is 141 Å². The maximum Gasteiger partial charge on any atom is 0.293 e. The van der Waals surface area contributed by atoms with Crippen molar-refractivity contribution in [2.45, 2.75) is 20.3 Å². The molecule has 0 fully saturated rings. The third kappa shape index (κ3) is 2.43. The van der Waals surface area contributed by atoms with Crippen LogP contribution in [0, 0.1) is 6.92 Å². The Bertz CT molecular complexity index is 1070. The Morgan fingerprint density at radius 3 is 2.88 bits per heavy atom. The van der Waals surface area contributed by atoms with Gasteiger partial charge in [0.2, 0.25) is 5.13 Å². The number of nitrogens with one attached hydrogen (secondary N) is 1. The van der Waals surface area contributed by atoms with Gasteiger partial charge in [-0.15, -0.1) is 10.2 Å². The molecular formula is C17H14N4O2S. The molecule has 0 unspecified atom stereocenters. The van der Waals surface area contributed by atoms with Crippen LogP contribution in [0.5, 0.6) is 0 Å². The fourth-order valence-electron chi connectivity index (χ4n) is 2.58. The highest BCUT2D eigenvalue weighted by molar-refractivity contribution is 7.15. The van der Waals surface area contributed by atoms with Crippen LogP contribution >= 0.6 is 11.3 Å². The summed E-state index contributed by atoms with van der Waals surface area (Å²) < 4.78 is 5.83. The minimum atomic E-state index is -0.339. The van der Waals surface area contributed by atoms with E-state index in [1.165, 1.54) is 11.3 Å². The summed E-state index contributed by atoms with van der Waals surface area (Å²) >= 11 is 1.36. The lowest BCUT2D eigenvalue weighted by Crippen LogP contribution is -2.10. The van der Waals surface area contributed by atoms with E-state index >= 15 is 0 Å². The van der Waals surface area contributed by atoms with E-state index in [1.54, 1.807) is 6.07 Å². The number of hydrogen-bond acceptors (Lipinski definition) is 6. The van der Waals surface area contributed by atoms with Gasteiger partial charge in [0.25, 0.3) is 5.91 Å². The van der Waals surface area contributed by atoms with Crippen molar-refractivity contribution in [1.29, 1.82) is 0 Å². The summed E-state index contributed by atoms with van der Waals surface area (Å²) in [5.41, 5.74) is 2.35. The molecule has 120 valence electrons. The van der Waals surface area contributed by atoms with Gasteiger partial charge in [0.15, 0.2) is 5.76 Å². The maximum absolute atomic E-state index is 12.4. The summed E-state index contributed by atoms with van der Waals surface area (Å²) in [5, 5.41) is 13.8. The van der Waals surface area contributed by atoms with E-state index in [4.69, 9.17) is 4.42 Å². The lowest BCUT2D eigenvalue weighted by molar-refractivity contribution is 0.0998. The number of benzene rings is 1. The summed E-state index contributed by atoms with van der Waals surface area (Å²) in [5.74, 6) is -0.104. The molecule has 4 aromatic rings. The summed E-state index contributed by atoms with van der Waals surface area (Å²) in [4.78, 5) is 17.0. The second-order valence-electron chi connectivity index (χ2n) is 5.38. The molecule has 3 aromatic heterocycles. The van der Waals surface area contributed by atoms with E-state index in [9.17, 15) is 4.79 Å². The van der Waals surface area contributed by atoms with Crippen LogP contribution < -0.4 is 5.32 Å². The van der Waals surface area contributed by atoms with Gasteiger partial charge in [0, 0.05) is 16.5 Å². The molecule has 1 N–H and O–H groups in total. The lowest BCUT2D eigenvalue weighted by Gasteiger charge is -2.00. The molecule has 3 heterocycles. The number of hydrogen-bond donors (Lipinski definition) is 1. The number of carbonyl (C=O) groups is 1. The fourth-order valence-corrected chi connectivity index (χ4v) is 3.26. The first-order valence-corrected chi connectivity index (χ1v) is 8.40. The highest BCUT2D eigenvalue weighted by Crippen LogP contribution is 2.29. The Morgan fingerprint density at radius 1 is 1.25 bits per heavy atom. The van der Waals surface area contributed by atoms with Crippen molar-refractivity contribution >= 4 is 44.2 Å². The molecule has 0 spiro atoms. The van der Waals surface area contributed by atoms with Crippen molar-refractivity contribution < 1.29 is 9.21 Å². The Kier molecular flexibility index (Phi) is 3.50. The molecule has 7 heteroatoms. The lowest BCUT2D eigenvalue weighted by atomic mass is 10.1. The molecule has 0 atom stereocenters. The van der Waals surface area contributed by atoms with Gasteiger partial charge in [0.05, 0.1) is 5.52 Å². The molecule has 24 heavy (non-hydrogen) atoms. The van der Waals surface area contributed by atoms with Gasteiger partial charge in [-0.1, -0.05) is 30.4 Å². The topological polar surface area (TPSA) is 80.9 Å². The molecular weight excluding hydrogens is 324 g/mol. The van der Waals surface area contributed by atoms with Gasteiger partial charge in [-0.3, -0.25) is 15.1 Å². The fraction of sp³-hybridized carbons (Fsp3) is 0.176. The van der Waals surface area contributed by atoms with Crippen LogP contribution in [0.2, 0.25) is 0 Å². The molecule has 0 saturated heterocycles. The molecule has 1 amide bonds. The third-order valence-corrected chi connectivity index (χ3v) is 4.76. The van der Waals surface area contributed by atoms with Crippen LogP contribution in [0.4, 0.5) is 5.13 Å². The van der Waals surface area contributed by atoms with E-state index < -0.39 is 0 Å². The van der Waals surface area contributed by atoms with E-state index in [1.807, 2.05) is 38.1 Å². The van der Waals surface area contributed by atoms with Crippen molar-refractivity contribution in [2.24, 2.45) is 0 Å². The summed E-state index contributed by atoms with van der Waals surface area (Å²) in [6.45, 7) is 3.90. The van der Waals surface area contributed by atoms with Crippen molar-refractivity contribution in [3.63, 3.8) is 0 Å². The summed E-state index contributed by atoms with van der Waals surface area (Å²) in [6, 6.07) is 9.44. The number of aromatic nitrogens is 3. The van der Waals surface area contributed by atoms with Crippen molar-refractivity contribution in [3.8, 4) is 0 Å². The number of fused-ring (bicyclic) bond motifs is 3. The van der Waals surface area contributed by atoms with Crippen LogP contribution in [-0.2, 0) is 6.42 Å². The molecule has 0 aliphatic heterocycles. The van der Waals surface area contributed by atoms with Crippen LogP contribution in [-0.4, -0.2) is 21.1 Å². The average molecular weight is 338 g/mol. The Balaban J connectivity index is 1.75. The summed E-state index contributed by atoms with van der Waals surface area (Å²) in [6.07, 6.45) is 0.787. The van der Waals surface area contributed by atoms with Crippen LogP contribution in [0.1, 0.15) is 28.2 Å². The predicted octanol–water partition coefficient (Wildman–Crippen LogP) is 3.96. The van der Waals surface area contributed by atoms with Gasteiger partial charge in [0.1, 0.15) is 10.6 Å². The average Bonchev–Trinajstić information content (AvgIpc) is 3.22. The number of nitrogens with zero attached hydrogens (tertiary/aromatic N) is 3. The van der Waals surface area contributed by atoms with Crippen molar-refractivity contribution in [3.05, 3.63) is 46.8 Å². The van der Waals surface area contributed by atoms with E-state index in [-0.39, 0.29) is 11.7 Å². The summed E-state index contributed by atoms with van der Waals surface area (Å²) in [7, 11) is 0. The predicted molar refractivity (Wildman–Crippen MR) is 93.5 cm³/mol. The quantitative estimate of drug-likeness (QED) is 0.611. The van der Waals surface area contributed by atoms with Crippen LogP contribution in [0.15, 0.2) is 34.7 Å². The molecule has 0 aliphatic carbocycles. The number of pyridine rings is 1. The number of anilines is 1. The van der Waals surface area contributed by atoms with Gasteiger partial charge in [-0.2, -0.15) is 0 Å². The molecule has 0 aliphatic rings. The first-order valence-electron chi connectivity index (χ1n) is 7.58. The molecule has 1 aromatic carbocycles. The zero-order valence-electron chi connectivity index (χ0n) is 13.2. The maximum atomic E-state index is 12.4. The van der Waals surface area contributed by atoms with Gasteiger partial charge in [-0.25, -0.2) is 0 Å². The molecule has 0 radical (unpaired) electrons. The van der Waals surface area contributed by atoms with Gasteiger partial charge < -0.3 is 4.42 Å². The largest absolute Gasteiger partial charge is 0.450 e. The molecule has 0 bridgehead atoms. The number of rotatable bonds is 3. The SMILES string of the molecule is CCc1nnc(NC(=O)c2cc3c(C)nc4ccccc4c3o2)s1.